The number of ether oxygens (including phenoxy) is 4. The summed E-state index contributed by atoms with van der Waals surface area (Å²) in [4.78, 5) is 72.7. The molecular formula is C74H144O17P2. The minimum Gasteiger partial charge on any atom is -0.462 e. The van der Waals surface area contributed by atoms with Crippen LogP contribution in [0.3, 0.4) is 0 Å². The van der Waals surface area contributed by atoms with Crippen molar-refractivity contribution in [2.75, 3.05) is 39.6 Å². The number of aliphatic hydroxyl groups is 1. The van der Waals surface area contributed by atoms with Gasteiger partial charge in [-0.05, 0) is 31.6 Å². The standard InChI is InChI=1S/C74H144O17P2/c1-6-9-12-15-18-21-24-26-27-28-29-30-31-33-36-39-44-50-55-60-74(79)90-69(63-84-71(76)57-52-47-42-37-35-32-25-22-19-16-13-10-7-2)65-88-92(80,81)86-61-68(75)62-87-93(82,83)89-66-70(64-85-72(77)58-53-48-45-40-41-46-51-56-67(4)5)91-73(78)59-54-49-43-38-34-23-20-17-14-11-8-3/h67-70,75H,6-66H2,1-5H3,(H,80,81)(H,82,83)/t68-,69-,70-/m1/s1. The summed E-state index contributed by atoms with van der Waals surface area (Å²) in [6.45, 7) is 7.22. The molecule has 0 aromatic heterocycles. The van der Waals surface area contributed by atoms with Gasteiger partial charge in [0.2, 0.25) is 0 Å². The molecule has 0 aromatic carbocycles. The summed E-state index contributed by atoms with van der Waals surface area (Å²) in [5.41, 5.74) is 0. The normalized spacial score (nSPS) is 14.0. The quantitative estimate of drug-likeness (QED) is 0.0222. The number of carbonyl (C=O) groups is 4. The number of phosphoric acid groups is 2. The number of phosphoric ester groups is 2. The molecule has 3 N–H and O–H groups in total. The average Bonchev–Trinajstić information content (AvgIpc) is 2.46. The molecule has 0 aromatic rings. The average molecular weight is 1370 g/mol. The van der Waals surface area contributed by atoms with Gasteiger partial charge in [-0.3, -0.25) is 37.3 Å². The van der Waals surface area contributed by atoms with Crippen molar-refractivity contribution in [3.63, 3.8) is 0 Å². The lowest BCUT2D eigenvalue weighted by molar-refractivity contribution is -0.161. The van der Waals surface area contributed by atoms with E-state index in [0.29, 0.717) is 31.6 Å². The number of esters is 4. The highest BCUT2D eigenvalue weighted by Crippen LogP contribution is 2.45. The van der Waals surface area contributed by atoms with E-state index in [9.17, 15) is 43.2 Å². The lowest BCUT2D eigenvalue weighted by Crippen LogP contribution is -2.30. The van der Waals surface area contributed by atoms with Gasteiger partial charge in [-0.1, -0.05) is 336 Å². The molecule has 0 aliphatic carbocycles. The fraction of sp³-hybridized carbons (Fsp3) is 0.946. The van der Waals surface area contributed by atoms with Gasteiger partial charge in [0.1, 0.15) is 19.3 Å². The third kappa shape index (κ3) is 68.4. The third-order valence-electron chi connectivity index (χ3n) is 17.3. The summed E-state index contributed by atoms with van der Waals surface area (Å²) >= 11 is 0. The molecule has 0 fully saturated rings. The molecular weight excluding hydrogens is 1220 g/mol. The SMILES string of the molecule is CCCCCCCCCCCCCCCCCCCCCC(=O)O[C@H](COC(=O)CCCCCCCCCCCCCCC)COP(=O)(O)OC[C@@H](O)COP(=O)(O)OC[C@@H](COC(=O)CCCCCCCCCC(C)C)OC(=O)CCCCCCCCCCCCC. The van der Waals surface area contributed by atoms with Crippen molar-refractivity contribution in [3.8, 4) is 0 Å². The first-order valence-electron chi connectivity index (χ1n) is 38.6. The number of carbonyl (C=O) groups excluding carboxylic acids is 4. The van der Waals surface area contributed by atoms with E-state index in [2.05, 4.69) is 34.6 Å². The fourth-order valence-corrected chi connectivity index (χ4v) is 12.9. The zero-order valence-corrected chi connectivity index (χ0v) is 62.2. The summed E-state index contributed by atoms with van der Waals surface area (Å²) in [5.74, 6) is -1.41. The van der Waals surface area contributed by atoms with Gasteiger partial charge in [0, 0.05) is 25.7 Å². The topological polar surface area (TPSA) is 237 Å². The Bertz CT molecular complexity index is 1790. The maximum absolute atomic E-state index is 13.1. The second-order valence-corrected chi connectivity index (χ2v) is 30.1. The minimum absolute atomic E-state index is 0.106. The van der Waals surface area contributed by atoms with E-state index in [-0.39, 0.29) is 25.7 Å². The maximum Gasteiger partial charge on any atom is 0.472 e. The second kappa shape index (κ2) is 67.3. The van der Waals surface area contributed by atoms with Crippen LogP contribution in [0.5, 0.6) is 0 Å². The predicted molar refractivity (Wildman–Crippen MR) is 377 cm³/mol. The van der Waals surface area contributed by atoms with Crippen LogP contribution in [-0.4, -0.2) is 96.7 Å². The smallest absolute Gasteiger partial charge is 0.462 e. The maximum atomic E-state index is 13.1. The Morgan fingerprint density at radius 3 is 0.731 bits per heavy atom. The molecule has 17 nitrogen and oxygen atoms in total. The lowest BCUT2D eigenvalue weighted by Gasteiger charge is -2.21. The molecule has 0 radical (unpaired) electrons. The van der Waals surface area contributed by atoms with E-state index in [1.54, 1.807) is 0 Å². The molecule has 0 saturated heterocycles. The van der Waals surface area contributed by atoms with E-state index >= 15 is 0 Å². The molecule has 552 valence electrons. The Morgan fingerprint density at radius 1 is 0.290 bits per heavy atom. The Balaban J connectivity index is 5.21. The Kier molecular flexibility index (Phi) is 65.9. The van der Waals surface area contributed by atoms with E-state index in [1.165, 1.54) is 205 Å². The van der Waals surface area contributed by atoms with E-state index in [1.807, 2.05) is 0 Å². The molecule has 0 amide bonds. The Hall–Kier alpha value is -1.94. The molecule has 2 unspecified atom stereocenters. The molecule has 0 bridgehead atoms. The number of hydrogen-bond donors (Lipinski definition) is 3. The van der Waals surface area contributed by atoms with Crippen molar-refractivity contribution in [2.45, 2.75) is 406 Å². The summed E-state index contributed by atoms with van der Waals surface area (Å²) in [7, 11) is -9.90. The van der Waals surface area contributed by atoms with Gasteiger partial charge in [-0.15, -0.1) is 0 Å². The molecule has 0 heterocycles. The molecule has 93 heavy (non-hydrogen) atoms. The first-order chi connectivity index (χ1) is 45.0. The van der Waals surface area contributed by atoms with Gasteiger partial charge in [-0.2, -0.15) is 0 Å². The highest BCUT2D eigenvalue weighted by atomic mass is 31.2. The number of unbranched alkanes of at least 4 members (excludes halogenated alkanes) is 46. The fourth-order valence-electron chi connectivity index (χ4n) is 11.4. The van der Waals surface area contributed by atoms with Gasteiger partial charge in [0.05, 0.1) is 26.4 Å². The molecule has 0 spiro atoms. The zero-order chi connectivity index (χ0) is 68.4. The van der Waals surface area contributed by atoms with Crippen LogP contribution in [0.4, 0.5) is 0 Å². The summed E-state index contributed by atoms with van der Waals surface area (Å²) < 4.78 is 68.4. The first-order valence-corrected chi connectivity index (χ1v) is 41.6. The summed E-state index contributed by atoms with van der Waals surface area (Å²) in [5, 5.41) is 10.6. The van der Waals surface area contributed by atoms with Crippen molar-refractivity contribution >= 4 is 39.5 Å². The van der Waals surface area contributed by atoms with Crippen LogP contribution in [0, 0.1) is 5.92 Å². The highest BCUT2D eigenvalue weighted by molar-refractivity contribution is 7.47. The van der Waals surface area contributed by atoms with Crippen molar-refractivity contribution < 1.29 is 80.2 Å². The van der Waals surface area contributed by atoms with Crippen molar-refractivity contribution in [1.82, 2.24) is 0 Å². The van der Waals surface area contributed by atoms with Crippen LogP contribution < -0.4 is 0 Å². The number of aliphatic hydroxyl groups excluding tert-OH is 1. The molecule has 0 saturated carbocycles. The number of hydrogen-bond acceptors (Lipinski definition) is 15. The van der Waals surface area contributed by atoms with Crippen LogP contribution in [-0.2, 0) is 65.4 Å². The third-order valence-corrected chi connectivity index (χ3v) is 19.2. The van der Waals surface area contributed by atoms with Crippen LogP contribution in [0.2, 0.25) is 0 Å². The Labute approximate surface area is 568 Å². The van der Waals surface area contributed by atoms with E-state index < -0.39 is 97.5 Å². The minimum atomic E-state index is -4.95. The van der Waals surface area contributed by atoms with Gasteiger partial charge >= 0.3 is 39.5 Å². The van der Waals surface area contributed by atoms with Gasteiger partial charge in [0.15, 0.2) is 12.2 Å². The van der Waals surface area contributed by atoms with Gasteiger partial charge < -0.3 is 33.8 Å². The highest BCUT2D eigenvalue weighted by Gasteiger charge is 2.30. The monoisotopic (exact) mass is 1370 g/mol. The van der Waals surface area contributed by atoms with Crippen LogP contribution in [0.1, 0.15) is 388 Å². The second-order valence-electron chi connectivity index (χ2n) is 27.2. The molecule has 0 aliphatic rings. The number of rotatable bonds is 74. The van der Waals surface area contributed by atoms with Crippen LogP contribution >= 0.6 is 15.6 Å². The Morgan fingerprint density at radius 2 is 0.495 bits per heavy atom. The largest absolute Gasteiger partial charge is 0.472 e. The molecule has 0 aliphatic heterocycles. The van der Waals surface area contributed by atoms with E-state index in [0.717, 1.165) is 96.3 Å². The molecule has 5 atom stereocenters. The first kappa shape index (κ1) is 91.1. The predicted octanol–water partition coefficient (Wildman–Crippen LogP) is 21.7. The zero-order valence-electron chi connectivity index (χ0n) is 60.4. The van der Waals surface area contributed by atoms with Crippen molar-refractivity contribution in [2.24, 2.45) is 5.92 Å². The lowest BCUT2D eigenvalue weighted by atomic mass is 10.0. The van der Waals surface area contributed by atoms with Crippen LogP contribution in [0.25, 0.3) is 0 Å². The van der Waals surface area contributed by atoms with Crippen molar-refractivity contribution in [1.29, 1.82) is 0 Å². The van der Waals surface area contributed by atoms with Gasteiger partial charge in [0.25, 0.3) is 0 Å². The molecule has 0 rings (SSSR count). The van der Waals surface area contributed by atoms with Crippen molar-refractivity contribution in [3.05, 3.63) is 0 Å². The summed E-state index contributed by atoms with van der Waals surface area (Å²) in [6.07, 6.45) is 55.5. The summed E-state index contributed by atoms with van der Waals surface area (Å²) in [6, 6.07) is 0. The van der Waals surface area contributed by atoms with E-state index in [4.69, 9.17) is 37.0 Å². The molecule has 19 heteroatoms. The van der Waals surface area contributed by atoms with Gasteiger partial charge in [-0.25, -0.2) is 9.13 Å². The van der Waals surface area contributed by atoms with Crippen LogP contribution in [0.15, 0.2) is 0 Å².